The van der Waals surface area contributed by atoms with Crippen LogP contribution in [-0.4, -0.2) is 9.97 Å². The zero-order valence-corrected chi connectivity index (χ0v) is 12.4. The van der Waals surface area contributed by atoms with Crippen molar-refractivity contribution in [3.05, 3.63) is 53.9 Å². The molecule has 0 radical (unpaired) electrons. The molecule has 0 unspecified atom stereocenters. The number of benzene rings is 1. The number of anilines is 2. The number of thiocarbonyl (C=S) groups is 1. The highest BCUT2D eigenvalue weighted by Crippen LogP contribution is 2.20. The minimum Gasteiger partial charge on any atom is -0.389 e. The molecule has 1 aromatic carbocycles. The van der Waals surface area contributed by atoms with Gasteiger partial charge in [-0.15, -0.1) is 0 Å². The molecule has 0 amide bonds. The number of nitrogens with one attached hydrogen (secondary N) is 1. The van der Waals surface area contributed by atoms with E-state index in [0.29, 0.717) is 4.99 Å². The monoisotopic (exact) mass is 285 g/mol. The average Bonchev–Trinajstić information content (AvgIpc) is 2.47. The molecule has 1 heterocycles. The molecule has 0 aliphatic carbocycles. The number of aromatic nitrogens is 1. The van der Waals surface area contributed by atoms with E-state index in [0.717, 1.165) is 23.4 Å². The standard InChI is InChI=1S/C16H19N3S/c1-2-3-4-12-5-7-13(8-6-12)19-15-11-18-10-9-14(15)16(17)20/h5-11,19H,2-4H2,1H3,(H2,17,20). The van der Waals surface area contributed by atoms with Crippen LogP contribution in [0.25, 0.3) is 0 Å². The first-order valence-electron chi connectivity index (χ1n) is 6.80. The van der Waals surface area contributed by atoms with Crippen molar-refractivity contribution in [2.45, 2.75) is 26.2 Å². The van der Waals surface area contributed by atoms with E-state index in [9.17, 15) is 0 Å². The van der Waals surface area contributed by atoms with E-state index >= 15 is 0 Å². The molecule has 1 aromatic heterocycles. The van der Waals surface area contributed by atoms with Gasteiger partial charge in [0.1, 0.15) is 4.99 Å². The summed E-state index contributed by atoms with van der Waals surface area (Å²) >= 11 is 5.04. The van der Waals surface area contributed by atoms with Gasteiger partial charge in [-0.2, -0.15) is 0 Å². The first kappa shape index (κ1) is 14.5. The lowest BCUT2D eigenvalue weighted by atomic mass is 10.1. The predicted molar refractivity (Wildman–Crippen MR) is 88.5 cm³/mol. The van der Waals surface area contributed by atoms with Gasteiger partial charge in [-0.25, -0.2) is 0 Å². The van der Waals surface area contributed by atoms with Crippen LogP contribution in [0.2, 0.25) is 0 Å². The van der Waals surface area contributed by atoms with Crippen LogP contribution in [0.3, 0.4) is 0 Å². The average molecular weight is 285 g/mol. The number of aryl methyl sites for hydroxylation is 1. The van der Waals surface area contributed by atoms with Crippen molar-refractivity contribution < 1.29 is 0 Å². The van der Waals surface area contributed by atoms with Gasteiger partial charge in [0, 0.05) is 17.4 Å². The van der Waals surface area contributed by atoms with Crippen LogP contribution < -0.4 is 11.1 Å². The number of unbranched alkanes of at least 4 members (excludes halogenated alkanes) is 1. The smallest absolute Gasteiger partial charge is 0.106 e. The number of nitrogens with two attached hydrogens (primary N) is 1. The molecule has 3 nitrogen and oxygen atoms in total. The molecule has 0 fully saturated rings. The molecule has 0 spiro atoms. The number of hydrogen-bond donors (Lipinski definition) is 2. The van der Waals surface area contributed by atoms with Crippen molar-refractivity contribution >= 4 is 28.6 Å². The highest BCUT2D eigenvalue weighted by molar-refractivity contribution is 7.80. The van der Waals surface area contributed by atoms with Crippen LogP contribution in [-0.2, 0) is 6.42 Å². The lowest BCUT2D eigenvalue weighted by molar-refractivity contribution is 0.795. The molecule has 3 N–H and O–H groups in total. The highest BCUT2D eigenvalue weighted by atomic mass is 32.1. The lowest BCUT2D eigenvalue weighted by Crippen LogP contribution is -2.12. The molecule has 104 valence electrons. The number of pyridine rings is 1. The summed E-state index contributed by atoms with van der Waals surface area (Å²) in [6.07, 6.45) is 6.99. The number of hydrogen-bond acceptors (Lipinski definition) is 3. The predicted octanol–water partition coefficient (Wildman–Crippen LogP) is 3.80. The minimum atomic E-state index is 0.370. The molecule has 20 heavy (non-hydrogen) atoms. The second-order valence-corrected chi connectivity index (χ2v) is 5.15. The van der Waals surface area contributed by atoms with Gasteiger partial charge in [0.15, 0.2) is 0 Å². The van der Waals surface area contributed by atoms with Crippen LogP contribution in [0.5, 0.6) is 0 Å². The van der Waals surface area contributed by atoms with Crippen molar-refractivity contribution in [1.82, 2.24) is 4.98 Å². The third kappa shape index (κ3) is 3.78. The van der Waals surface area contributed by atoms with E-state index in [4.69, 9.17) is 18.0 Å². The van der Waals surface area contributed by atoms with Gasteiger partial charge >= 0.3 is 0 Å². The normalized spacial score (nSPS) is 10.2. The van der Waals surface area contributed by atoms with Crippen molar-refractivity contribution in [2.24, 2.45) is 5.73 Å². The van der Waals surface area contributed by atoms with Gasteiger partial charge in [0.25, 0.3) is 0 Å². The molecule has 0 bridgehead atoms. The summed E-state index contributed by atoms with van der Waals surface area (Å²) in [6, 6.07) is 10.3. The third-order valence-corrected chi connectivity index (χ3v) is 3.36. The van der Waals surface area contributed by atoms with Gasteiger partial charge in [-0.05, 0) is 36.6 Å². The quantitative estimate of drug-likeness (QED) is 0.793. The van der Waals surface area contributed by atoms with E-state index in [1.165, 1.54) is 18.4 Å². The van der Waals surface area contributed by atoms with Crippen molar-refractivity contribution in [3.63, 3.8) is 0 Å². The maximum atomic E-state index is 5.71. The maximum absolute atomic E-state index is 5.71. The Morgan fingerprint density at radius 2 is 2.00 bits per heavy atom. The molecule has 0 aliphatic rings. The van der Waals surface area contributed by atoms with Crippen LogP contribution in [0.15, 0.2) is 42.7 Å². The molecule has 0 saturated carbocycles. The molecule has 0 atom stereocenters. The molecule has 2 rings (SSSR count). The van der Waals surface area contributed by atoms with Crippen molar-refractivity contribution in [2.75, 3.05) is 5.32 Å². The van der Waals surface area contributed by atoms with E-state index in [1.54, 1.807) is 12.4 Å². The Bertz CT molecular complexity index is 579. The summed E-state index contributed by atoms with van der Waals surface area (Å²) in [5, 5.41) is 3.31. The number of rotatable bonds is 6. The second-order valence-electron chi connectivity index (χ2n) is 4.71. The van der Waals surface area contributed by atoms with Gasteiger partial charge in [-0.1, -0.05) is 37.7 Å². The van der Waals surface area contributed by atoms with Crippen LogP contribution in [0.4, 0.5) is 11.4 Å². The Kier molecular flexibility index (Phi) is 5.07. The van der Waals surface area contributed by atoms with Crippen LogP contribution in [0, 0.1) is 0 Å². The van der Waals surface area contributed by atoms with E-state index < -0.39 is 0 Å². The van der Waals surface area contributed by atoms with E-state index in [1.807, 2.05) is 6.07 Å². The molecule has 2 aromatic rings. The fourth-order valence-corrected chi connectivity index (χ4v) is 2.18. The first-order valence-corrected chi connectivity index (χ1v) is 7.21. The Morgan fingerprint density at radius 3 is 2.65 bits per heavy atom. The zero-order valence-electron chi connectivity index (χ0n) is 11.6. The van der Waals surface area contributed by atoms with Gasteiger partial charge in [0.2, 0.25) is 0 Å². The Balaban J connectivity index is 2.12. The summed E-state index contributed by atoms with van der Waals surface area (Å²) in [4.78, 5) is 4.47. The Hall–Kier alpha value is -1.94. The molecule has 0 saturated heterocycles. The molecule has 0 aliphatic heterocycles. The molecule has 4 heteroatoms. The topological polar surface area (TPSA) is 50.9 Å². The van der Waals surface area contributed by atoms with E-state index in [2.05, 4.69) is 41.5 Å². The highest BCUT2D eigenvalue weighted by Gasteiger charge is 2.05. The lowest BCUT2D eigenvalue weighted by Gasteiger charge is -2.11. The first-order chi connectivity index (χ1) is 9.70. The van der Waals surface area contributed by atoms with Crippen molar-refractivity contribution in [3.8, 4) is 0 Å². The number of nitrogens with zero attached hydrogens (tertiary/aromatic N) is 1. The van der Waals surface area contributed by atoms with Crippen LogP contribution >= 0.6 is 12.2 Å². The second kappa shape index (κ2) is 7.01. The van der Waals surface area contributed by atoms with Gasteiger partial charge in [-0.3, -0.25) is 4.98 Å². The Morgan fingerprint density at radius 1 is 1.25 bits per heavy atom. The summed E-state index contributed by atoms with van der Waals surface area (Å²) in [7, 11) is 0. The minimum absolute atomic E-state index is 0.370. The fourth-order valence-electron chi connectivity index (χ4n) is 2.00. The molecular formula is C16H19N3S. The van der Waals surface area contributed by atoms with Crippen LogP contribution in [0.1, 0.15) is 30.9 Å². The molecular weight excluding hydrogens is 266 g/mol. The summed E-state index contributed by atoms with van der Waals surface area (Å²) in [5.41, 5.74) is 9.72. The largest absolute Gasteiger partial charge is 0.389 e. The summed E-state index contributed by atoms with van der Waals surface area (Å²) in [5.74, 6) is 0. The summed E-state index contributed by atoms with van der Waals surface area (Å²) < 4.78 is 0. The third-order valence-electron chi connectivity index (χ3n) is 3.14. The van der Waals surface area contributed by atoms with Gasteiger partial charge < -0.3 is 11.1 Å². The van der Waals surface area contributed by atoms with Gasteiger partial charge in [0.05, 0.1) is 11.9 Å². The maximum Gasteiger partial charge on any atom is 0.106 e. The van der Waals surface area contributed by atoms with Crippen molar-refractivity contribution in [1.29, 1.82) is 0 Å². The Labute approximate surface area is 125 Å². The zero-order chi connectivity index (χ0) is 14.4. The fraction of sp³-hybridized carbons (Fsp3) is 0.250. The van der Waals surface area contributed by atoms with E-state index in [-0.39, 0.29) is 0 Å². The summed E-state index contributed by atoms with van der Waals surface area (Å²) in [6.45, 7) is 2.20. The SMILES string of the molecule is CCCCc1ccc(Nc2cnccc2C(N)=S)cc1.